The number of nitrogens with one attached hydrogen (secondary N) is 4. The van der Waals surface area contributed by atoms with Gasteiger partial charge in [-0.25, -0.2) is 19.3 Å². The van der Waals surface area contributed by atoms with Crippen LogP contribution in [0, 0.1) is 11.7 Å². The average Bonchev–Trinajstić information content (AvgIpc) is 3.88. The van der Waals surface area contributed by atoms with Crippen molar-refractivity contribution in [3.05, 3.63) is 106 Å². The number of ether oxygens (including phenoxy) is 2. The summed E-state index contributed by atoms with van der Waals surface area (Å²) in [5.74, 6) is -0.456. The highest BCUT2D eigenvalue weighted by molar-refractivity contribution is 7.10. The summed E-state index contributed by atoms with van der Waals surface area (Å²) in [5, 5.41) is 18.5. The second-order valence-corrected chi connectivity index (χ2v) is 20.4. The van der Waals surface area contributed by atoms with Crippen LogP contribution in [-0.4, -0.2) is 145 Å². The number of amides is 4. The van der Waals surface area contributed by atoms with Gasteiger partial charge < -0.3 is 40.1 Å². The van der Waals surface area contributed by atoms with Gasteiger partial charge in [-0.3, -0.25) is 33.5 Å². The summed E-state index contributed by atoms with van der Waals surface area (Å²) in [6, 6.07) is 9.81. The number of carbonyl (C=O) groups excluding carboxylic acids is 5. The summed E-state index contributed by atoms with van der Waals surface area (Å²) >= 11 is 1.36. The smallest absolute Gasteiger partial charge is 0.254 e. The zero-order valence-corrected chi connectivity index (χ0v) is 42.4. The lowest BCUT2D eigenvalue weighted by Crippen LogP contribution is -2.55. The van der Waals surface area contributed by atoms with Crippen LogP contribution in [-0.2, 0) is 19.1 Å². The van der Waals surface area contributed by atoms with E-state index in [4.69, 9.17) is 19.4 Å². The number of aromatic nitrogens is 6. The third-order valence-electron chi connectivity index (χ3n) is 14.6. The molecule has 0 radical (unpaired) electrons. The maximum Gasteiger partial charge on any atom is 0.254 e. The zero-order chi connectivity index (χ0) is 51.3. The van der Waals surface area contributed by atoms with Gasteiger partial charge in [0.05, 0.1) is 48.2 Å². The number of aromatic amines is 1. The Bertz CT molecular complexity index is 3000. The molecular formula is C53H61FN12O7S. The Labute approximate surface area is 431 Å². The number of imidazole rings is 1. The number of benzene rings is 2. The molecule has 0 spiro atoms. The molecule has 2 aromatic carbocycles. The molecule has 2 saturated carbocycles. The molecule has 4 aliphatic rings. The van der Waals surface area contributed by atoms with Crippen LogP contribution in [0.25, 0.3) is 16.9 Å². The minimum absolute atomic E-state index is 0.0751. The predicted octanol–water partition coefficient (Wildman–Crippen LogP) is 6.28. The summed E-state index contributed by atoms with van der Waals surface area (Å²) in [4.78, 5) is 86.8. The first-order chi connectivity index (χ1) is 36.0. The number of halogens is 1. The third kappa shape index (κ3) is 11.2. The number of hydrogen-bond donors (Lipinski definition) is 4. The number of likely N-dealkylation sites (tertiary alicyclic amines) is 1. The first-order valence-corrected chi connectivity index (χ1v) is 26.5. The number of anilines is 2. The van der Waals surface area contributed by atoms with Crippen molar-refractivity contribution in [2.75, 3.05) is 64.9 Å². The van der Waals surface area contributed by atoms with Crippen LogP contribution in [0.15, 0.2) is 72.6 Å². The number of thiazole rings is 1. The molecule has 4 aromatic heterocycles. The molecule has 19 nitrogen and oxygen atoms in total. The monoisotopic (exact) mass is 1030 g/mol. The van der Waals surface area contributed by atoms with Crippen molar-refractivity contribution in [1.29, 1.82) is 0 Å². The number of hydrogen-bond acceptors (Lipinski definition) is 14. The minimum atomic E-state index is -0.610. The van der Waals surface area contributed by atoms with Crippen molar-refractivity contribution in [2.45, 2.75) is 88.8 Å². The Hall–Kier alpha value is -7.10. The van der Waals surface area contributed by atoms with Gasteiger partial charge in [-0.2, -0.15) is 5.10 Å². The summed E-state index contributed by atoms with van der Waals surface area (Å²) in [6.07, 6.45) is 15.8. The number of ketones is 1. The summed E-state index contributed by atoms with van der Waals surface area (Å²) in [6.45, 7) is 3.56. The number of likely N-dealkylation sites (N-methyl/N-ethyl adjacent to an activating group) is 1. The van der Waals surface area contributed by atoms with Gasteiger partial charge in [-0.05, 0) is 88.7 Å². The molecule has 10 rings (SSSR count). The first-order valence-electron chi connectivity index (χ1n) is 25.6. The molecule has 0 unspecified atom stereocenters. The van der Waals surface area contributed by atoms with Crippen LogP contribution in [0.3, 0.4) is 0 Å². The van der Waals surface area contributed by atoms with Gasteiger partial charge in [-0.1, -0.05) is 31.4 Å². The van der Waals surface area contributed by atoms with Gasteiger partial charge in [0.15, 0.2) is 11.5 Å². The third-order valence-corrected chi connectivity index (χ3v) is 15.5. The van der Waals surface area contributed by atoms with Crippen molar-refractivity contribution < 1.29 is 37.8 Å². The number of rotatable bonds is 19. The molecule has 388 valence electrons. The zero-order valence-electron chi connectivity index (χ0n) is 41.6. The standard InChI is InChI=1S/C53H61FN12O7S/c1-32(55-2)50(69)62-46(34-8-4-3-5-9-34)53(71)65-17-7-12-43(65)51-61-42(31-74-51)47(68)35-10-6-11-38(24-35)73-23-22-72-30-45(67)63-18-20-64(21-19-63)52(70)36-15-16-40(39(54)25-36)59-48-49-56-28-44(37-26-57-58-27-37)66(49)29-41(60-48)33-13-14-33/h6,10-11,15-16,24-29,31-34,43,46,55H,3-5,7-9,12-14,17-23,30H2,1-2H3,(H,57,58)(H,59,60)(H,62,69)/t32-,43-,46-/m0/s1. The van der Waals surface area contributed by atoms with Crippen LogP contribution in [0.2, 0.25) is 0 Å². The van der Waals surface area contributed by atoms with E-state index in [1.807, 2.05) is 15.5 Å². The minimum Gasteiger partial charge on any atom is -0.491 e. The number of H-pyrrole nitrogens is 1. The van der Waals surface area contributed by atoms with E-state index in [1.165, 1.54) is 23.5 Å². The van der Waals surface area contributed by atoms with E-state index in [1.54, 1.807) is 78.1 Å². The van der Waals surface area contributed by atoms with Crippen LogP contribution < -0.4 is 20.7 Å². The topological polar surface area (TPSA) is 221 Å². The van der Waals surface area contributed by atoms with Crippen LogP contribution >= 0.6 is 11.3 Å². The lowest BCUT2D eigenvalue weighted by atomic mass is 9.83. The van der Waals surface area contributed by atoms with E-state index >= 15 is 4.39 Å². The van der Waals surface area contributed by atoms with Gasteiger partial charge in [0.1, 0.15) is 41.5 Å². The molecule has 21 heteroatoms. The van der Waals surface area contributed by atoms with E-state index in [-0.39, 0.29) is 91.2 Å². The highest BCUT2D eigenvalue weighted by atomic mass is 32.1. The maximum atomic E-state index is 15.7. The van der Waals surface area contributed by atoms with Crippen LogP contribution in [0.5, 0.6) is 5.75 Å². The van der Waals surface area contributed by atoms with Crippen LogP contribution in [0.1, 0.15) is 114 Å². The second-order valence-electron chi connectivity index (χ2n) is 19.5. The molecule has 74 heavy (non-hydrogen) atoms. The molecule has 2 aliphatic carbocycles. The molecule has 3 atom stereocenters. The summed E-state index contributed by atoms with van der Waals surface area (Å²) in [7, 11) is 1.72. The Kier molecular flexibility index (Phi) is 15.4. The fourth-order valence-electron chi connectivity index (χ4n) is 10.1. The fourth-order valence-corrected chi connectivity index (χ4v) is 11.0. The van der Waals surface area contributed by atoms with E-state index in [0.717, 1.165) is 74.7 Å². The summed E-state index contributed by atoms with van der Waals surface area (Å²) in [5.41, 5.74) is 4.14. The molecular weight excluding hydrogens is 968 g/mol. The molecule has 6 heterocycles. The van der Waals surface area contributed by atoms with E-state index in [0.29, 0.717) is 53.3 Å². The van der Waals surface area contributed by atoms with E-state index in [9.17, 15) is 24.0 Å². The molecule has 4 N–H and O–H groups in total. The lowest BCUT2D eigenvalue weighted by Gasteiger charge is -2.35. The quantitative estimate of drug-likeness (QED) is 0.0519. The van der Waals surface area contributed by atoms with Crippen molar-refractivity contribution in [3.8, 4) is 17.0 Å². The molecule has 4 amide bonds. The number of piperazine rings is 1. The average molecular weight is 1030 g/mol. The fraction of sp³-hybridized carbons (Fsp3) is 0.453. The molecule has 2 aliphatic heterocycles. The second kappa shape index (κ2) is 22.6. The Balaban J connectivity index is 0.670. The predicted molar refractivity (Wildman–Crippen MR) is 274 cm³/mol. The Morgan fingerprint density at radius 2 is 1.70 bits per heavy atom. The van der Waals surface area contributed by atoms with Crippen molar-refractivity contribution in [2.24, 2.45) is 5.92 Å². The van der Waals surface area contributed by atoms with Crippen molar-refractivity contribution in [3.63, 3.8) is 0 Å². The Morgan fingerprint density at radius 3 is 2.46 bits per heavy atom. The normalized spacial score (nSPS) is 18.1. The van der Waals surface area contributed by atoms with E-state index in [2.05, 4.69) is 31.1 Å². The summed E-state index contributed by atoms with van der Waals surface area (Å²) < 4.78 is 29.2. The number of carbonyl (C=O) groups is 5. The Morgan fingerprint density at radius 1 is 0.892 bits per heavy atom. The number of fused-ring (bicyclic) bond motifs is 1. The van der Waals surface area contributed by atoms with Crippen molar-refractivity contribution >= 4 is 57.9 Å². The highest BCUT2D eigenvalue weighted by Crippen LogP contribution is 2.41. The first kappa shape index (κ1) is 50.4. The highest BCUT2D eigenvalue weighted by Gasteiger charge is 2.40. The maximum absolute atomic E-state index is 15.7. The molecule has 2 saturated heterocycles. The molecule has 0 bridgehead atoms. The van der Waals surface area contributed by atoms with Gasteiger partial charge in [0.25, 0.3) is 5.91 Å². The molecule has 4 fully saturated rings. The van der Waals surface area contributed by atoms with Gasteiger partial charge >= 0.3 is 0 Å². The van der Waals surface area contributed by atoms with Crippen molar-refractivity contribution in [1.82, 2.24) is 54.9 Å². The largest absolute Gasteiger partial charge is 0.491 e. The SMILES string of the molecule is CN[C@@H](C)C(=O)N[C@H](C(=O)N1CCC[C@H]1c1nc(C(=O)c2cccc(OCCOCC(=O)N3CCN(C(=O)c4ccc(Nc5nc(C6CC6)cn6c(-c7cn[nH]c7)cnc56)c(F)c4)CC3)c2)cs1)C1CCCCC1. The number of nitrogens with zero attached hydrogens (tertiary/aromatic N) is 8. The van der Waals surface area contributed by atoms with Gasteiger partial charge in [0.2, 0.25) is 23.5 Å². The molecule has 6 aromatic rings. The van der Waals surface area contributed by atoms with Crippen LogP contribution in [0.4, 0.5) is 15.9 Å². The van der Waals surface area contributed by atoms with Gasteiger partial charge in [-0.15, -0.1) is 11.3 Å². The lowest BCUT2D eigenvalue weighted by molar-refractivity contribution is -0.139. The van der Waals surface area contributed by atoms with Gasteiger partial charge in [0, 0.05) is 73.1 Å². The van der Waals surface area contributed by atoms with E-state index < -0.39 is 17.9 Å².